The van der Waals surface area contributed by atoms with Gasteiger partial charge in [-0.3, -0.25) is 24.3 Å². The number of hydrogen-bond acceptors (Lipinski definition) is 19. The number of phosphoric acid groups is 1. The average molecular weight is 820 g/mol. The zero-order valence-corrected chi connectivity index (χ0v) is 32.5. The maximum atomic E-state index is 12.7. The number of carbonyl (C=O) groups excluding carboxylic acids is 2. The molecule has 0 bridgehead atoms. The molecule has 2 aromatic rings. The number of nitro benzene ring substituents is 1. The van der Waals surface area contributed by atoms with E-state index >= 15 is 0 Å². The van der Waals surface area contributed by atoms with Crippen LogP contribution in [-0.2, 0) is 32.7 Å². The fourth-order valence-corrected chi connectivity index (χ4v) is 7.12. The van der Waals surface area contributed by atoms with Crippen molar-refractivity contribution in [2.24, 2.45) is 0 Å². The summed E-state index contributed by atoms with van der Waals surface area (Å²) in [4.78, 5) is 48.5. The Morgan fingerprint density at radius 2 is 1.34 bits per heavy atom. The molecule has 1 aromatic carbocycles. The summed E-state index contributed by atoms with van der Waals surface area (Å²) in [5, 5.41) is 71.4. The fraction of sp³-hybridized carbons (Fsp3) is 0.771. The molecular formula is C35H56N4O16P-. The molecular weight excluding hydrogens is 763 g/mol. The Morgan fingerprint density at radius 3 is 1.95 bits per heavy atom. The number of aromatic nitrogens is 2. The number of ether oxygens (including phenoxy) is 2. The quantitative estimate of drug-likeness (QED) is 0.0236. The van der Waals surface area contributed by atoms with Crippen molar-refractivity contribution < 1.29 is 72.7 Å². The Hall–Kier alpha value is -3.33. The summed E-state index contributed by atoms with van der Waals surface area (Å²) < 4.78 is 37.5. The highest BCUT2D eigenvalue weighted by Crippen LogP contribution is 2.43. The predicted molar refractivity (Wildman–Crippen MR) is 196 cm³/mol. The molecule has 8 atom stereocenters. The summed E-state index contributed by atoms with van der Waals surface area (Å²) in [5.74, 6) is -1.34. The Kier molecular flexibility index (Phi) is 20.5. The van der Waals surface area contributed by atoms with Crippen molar-refractivity contribution in [3.05, 3.63) is 22.2 Å². The number of nitrogens with zero attached hydrogens (tertiary/aromatic N) is 3. The van der Waals surface area contributed by atoms with Crippen LogP contribution in [0.3, 0.4) is 0 Å². The summed E-state index contributed by atoms with van der Waals surface area (Å²) in [6, 6.07) is 2.76. The van der Waals surface area contributed by atoms with Crippen LogP contribution in [0, 0.1) is 10.1 Å². The number of aliphatic hydroxyl groups is 5. The third kappa shape index (κ3) is 15.5. The van der Waals surface area contributed by atoms with Gasteiger partial charge in [-0.25, -0.2) is 4.63 Å². The van der Waals surface area contributed by atoms with Crippen LogP contribution in [0.4, 0.5) is 11.4 Å². The SMILES string of the molecule is CCCCCCCCCCCCCC(=O)OC[C@@H](COP(=O)([O-])OC1[C@H](O)[C@H](O)C(O)[C@H](O)[C@H]1O)OC(=O)CCCCCNc1ccc([N+](=O)[O-])c2nonc12. The lowest BCUT2D eigenvalue weighted by molar-refractivity contribution is -0.383. The van der Waals surface area contributed by atoms with Crippen LogP contribution in [0.2, 0.25) is 0 Å². The van der Waals surface area contributed by atoms with Crippen LogP contribution in [0.1, 0.15) is 110 Å². The minimum Gasteiger partial charge on any atom is -0.756 e. The maximum Gasteiger partial charge on any atom is 0.306 e. The summed E-state index contributed by atoms with van der Waals surface area (Å²) in [5.41, 5.74) is 0.427. The van der Waals surface area contributed by atoms with Gasteiger partial charge in [-0.2, -0.15) is 0 Å². The van der Waals surface area contributed by atoms with Gasteiger partial charge in [-0.05, 0) is 35.6 Å². The predicted octanol–water partition coefficient (Wildman–Crippen LogP) is 2.95. The van der Waals surface area contributed by atoms with Gasteiger partial charge in [0.25, 0.3) is 7.82 Å². The van der Waals surface area contributed by atoms with Gasteiger partial charge in [0.15, 0.2) is 11.6 Å². The standard InChI is InChI=1S/C35H57N4O16P/c1-2-3-4-5-6-7-8-9-10-11-13-16-26(40)51-21-23(22-52-56(49,50)54-35-33(45)31(43)30(42)32(44)34(35)46)53-27(41)17-14-12-15-20-36-24-18-19-25(39(47)48)29-28(24)37-55-38-29/h18-19,23,30-36,42-46H,2-17,20-22H2,1H3,(H,49,50)/p-1/t23-,30?,31-,32+,33+,34+,35?/m0/s1. The van der Waals surface area contributed by atoms with Gasteiger partial charge >= 0.3 is 17.6 Å². The van der Waals surface area contributed by atoms with Gasteiger partial charge in [0.05, 0.1) is 17.2 Å². The van der Waals surface area contributed by atoms with Gasteiger partial charge < -0.3 is 54.3 Å². The first kappa shape index (κ1) is 47.0. The smallest absolute Gasteiger partial charge is 0.306 e. The fourth-order valence-electron chi connectivity index (χ4n) is 6.17. The van der Waals surface area contributed by atoms with Crippen molar-refractivity contribution >= 4 is 42.2 Å². The number of aliphatic hydroxyl groups excluding tert-OH is 5. The molecule has 0 amide bonds. The number of non-ortho nitro benzene ring substituents is 1. The van der Waals surface area contributed by atoms with E-state index < -0.39 is 80.6 Å². The summed E-state index contributed by atoms with van der Waals surface area (Å²) in [6.45, 7) is 1.17. The van der Waals surface area contributed by atoms with Gasteiger partial charge in [-0.1, -0.05) is 77.6 Å². The molecule has 1 aliphatic carbocycles. The van der Waals surface area contributed by atoms with Crippen LogP contribution >= 0.6 is 7.82 Å². The molecule has 6 N–H and O–H groups in total. The van der Waals surface area contributed by atoms with E-state index in [1.54, 1.807) is 0 Å². The number of hydrogen-bond donors (Lipinski definition) is 6. The van der Waals surface area contributed by atoms with Gasteiger partial charge in [0, 0.05) is 25.5 Å². The molecule has 1 saturated carbocycles. The normalized spacial score (nSPS) is 22.7. The largest absolute Gasteiger partial charge is 0.756 e. The molecule has 0 saturated heterocycles. The zero-order valence-electron chi connectivity index (χ0n) is 31.6. The molecule has 1 heterocycles. The van der Waals surface area contributed by atoms with Crippen molar-refractivity contribution in [2.75, 3.05) is 25.1 Å². The van der Waals surface area contributed by atoms with E-state index in [2.05, 4.69) is 27.2 Å². The van der Waals surface area contributed by atoms with Gasteiger partial charge in [0.2, 0.25) is 5.52 Å². The molecule has 3 rings (SSSR count). The van der Waals surface area contributed by atoms with E-state index in [4.69, 9.17) is 18.5 Å². The van der Waals surface area contributed by atoms with Crippen LogP contribution in [0.5, 0.6) is 0 Å². The first-order valence-electron chi connectivity index (χ1n) is 19.3. The topological polar surface area (TPSA) is 306 Å². The lowest BCUT2D eigenvalue weighted by atomic mass is 9.85. The van der Waals surface area contributed by atoms with Crippen LogP contribution in [0.15, 0.2) is 16.8 Å². The number of nitrogens with one attached hydrogen (secondary N) is 1. The third-order valence-electron chi connectivity index (χ3n) is 9.42. The van der Waals surface area contributed by atoms with Crippen molar-refractivity contribution in [1.29, 1.82) is 0 Å². The molecule has 1 aliphatic rings. The van der Waals surface area contributed by atoms with Crippen molar-refractivity contribution in [2.45, 2.75) is 152 Å². The number of carbonyl (C=O) groups is 2. The molecule has 1 fully saturated rings. The molecule has 56 heavy (non-hydrogen) atoms. The molecule has 0 aliphatic heterocycles. The molecule has 20 nitrogen and oxygen atoms in total. The van der Waals surface area contributed by atoms with Crippen LogP contribution in [-0.4, -0.2) is 115 Å². The van der Waals surface area contributed by atoms with Gasteiger partial charge in [0.1, 0.15) is 43.2 Å². The first-order chi connectivity index (χ1) is 26.8. The molecule has 21 heteroatoms. The second-order valence-corrected chi connectivity index (χ2v) is 15.3. The Balaban J connectivity index is 1.45. The maximum absolute atomic E-state index is 12.7. The highest BCUT2D eigenvalue weighted by Gasteiger charge is 2.50. The van der Waals surface area contributed by atoms with Crippen LogP contribution in [0.25, 0.3) is 11.0 Å². The number of fused-ring (bicyclic) bond motifs is 1. The summed E-state index contributed by atoms with van der Waals surface area (Å²) >= 11 is 0. The van der Waals surface area contributed by atoms with E-state index in [0.29, 0.717) is 37.9 Å². The zero-order chi connectivity index (χ0) is 41.1. The van der Waals surface area contributed by atoms with Crippen molar-refractivity contribution in [1.82, 2.24) is 10.3 Å². The lowest BCUT2D eigenvalue weighted by Gasteiger charge is -2.43. The molecule has 3 unspecified atom stereocenters. The number of rotatable bonds is 28. The minimum absolute atomic E-state index is 0.00236. The highest BCUT2D eigenvalue weighted by atomic mass is 31.2. The number of nitro groups is 1. The Bertz CT molecular complexity index is 1530. The molecule has 1 aromatic heterocycles. The van der Waals surface area contributed by atoms with Crippen LogP contribution < -0.4 is 10.2 Å². The molecule has 0 spiro atoms. The van der Waals surface area contributed by atoms with Crippen molar-refractivity contribution in [3.63, 3.8) is 0 Å². The second-order valence-electron chi connectivity index (χ2n) is 13.9. The Morgan fingerprint density at radius 1 is 0.804 bits per heavy atom. The van der Waals surface area contributed by atoms with Crippen molar-refractivity contribution in [3.8, 4) is 0 Å². The van der Waals surface area contributed by atoms with E-state index in [1.165, 1.54) is 50.7 Å². The average Bonchev–Trinajstić information content (AvgIpc) is 3.67. The number of esters is 2. The summed E-state index contributed by atoms with van der Waals surface area (Å²) in [7, 11) is -5.43. The number of anilines is 1. The van der Waals surface area contributed by atoms with E-state index in [9.17, 15) is 54.7 Å². The molecule has 318 valence electrons. The number of phosphoric ester groups is 1. The monoisotopic (exact) mass is 819 g/mol. The minimum atomic E-state index is -5.43. The number of benzene rings is 1. The number of unbranched alkanes of at least 4 members (excludes halogenated alkanes) is 12. The summed E-state index contributed by atoms with van der Waals surface area (Å²) in [6.07, 6.45) is -0.354. The first-order valence-corrected chi connectivity index (χ1v) is 20.7. The van der Waals surface area contributed by atoms with Gasteiger partial charge in [-0.15, -0.1) is 0 Å². The Labute approximate surface area is 324 Å². The lowest BCUT2D eigenvalue weighted by Crippen LogP contribution is -2.64. The second kappa shape index (κ2) is 24.4. The third-order valence-corrected chi connectivity index (χ3v) is 10.4. The van der Waals surface area contributed by atoms with E-state index in [1.807, 2.05) is 0 Å². The highest BCUT2D eigenvalue weighted by molar-refractivity contribution is 7.45. The van der Waals surface area contributed by atoms with E-state index in [-0.39, 0.29) is 29.6 Å². The van der Waals surface area contributed by atoms with E-state index in [0.717, 1.165) is 25.7 Å². The molecule has 0 radical (unpaired) electrons.